The molecule has 0 saturated carbocycles. The van der Waals surface area contributed by atoms with Gasteiger partial charge in [-0.2, -0.15) is 0 Å². The van der Waals surface area contributed by atoms with E-state index in [1.165, 1.54) is 51.4 Å². The Morgan fingerprint density at radius 3 is 1.74 bits per heavy atom. The topological polar surface area (TPSA) is 49.7 Å². The number of amides is 1. The van der Waals surface area contributed by atoms with Crippen LogP contribution in [0.5, 0.6) is 0 Å². The molecule has 2 unspecified atom stereocenters. The van der Waals surface area contributed by atoms with Gasteiger partial charge in [0.15, 0.2) is 0 Å². The molecule has 136 valence electrons. The maximum absolute atomic E-state index is 11.8. The zero-order valence-corrected chi connectivity index (χ0v) is 15.9. The van der Waals surface area contributed by atoms with Crippen LogP contribution >= 0.6 is 0 Å². The molecule has 4 heteroatoms. The van der Waals surface area contributed by atoms with Crippen molar-refractivity contribution in [2.45, 2.75) is 96.9 Å². The summed E-state index contributed by atoms with van der Waals surface area (Å²) < 4.78 is 0. The molecule has 4 nitrogen and oxygen atoms in total. The molecule has 0 aliphatic rings. The molecule has 1 amide bonds. The van der Waals surface area contributed by atoms with Crippen molar-refractivity contribution < 1.29 is 4.79 Å². The Kier molecular flexibility index (Phi) is 14.3. The standard InChI is InChI=1S/C19H38N2O2/c1-5-7-8-9-10-11-12-13-14-15-16-17(19(22)20-23)18(6-2)21(3)4/h17-18H,5-16H2,1-4H3. The number of hydrogen-bond acceptors (Lipinski definition) is 3. The summed E-state index contributed by atoms with van der Waals surface area (Å²) in [7, 11) is 3.94. The van der Waals surface area contributed by atoms with Crippen LogP contribution in [0, 0.1) is 10.8 Å². The predicted octanol–water partition coefficient (Wildman–Crippen LogP) is 5.55. The molecule has 0 saturated heterocycles. The second kappa shape index (κ2) is 14.8. The molecule has 0 aromatic rings. The third kappa shape index (κ3) is 10.6. The maximum Gasteiger partial charge on any atom is 0.290 e. The number of nitrogens with zero attached hydrogens (tertiary/aromatic N) is 2. The Hall–Kier alpha value is -0.770. The SMILES string of the molecule is CCCCCCCCCCCCC(C(=O)N=O)C(CC)N(C)C. The third-order valence-corrected chi connectivity index (χ3v) is 4.82. The molecule has 0 heterocycles. The maximum atomic E-state index is 11.8. The van der Waals surface area contributed by atoms with Crippen LogP contribution in [0.4, 0.5) is 0 Å². The van der Waals surface area contributed by atoms with E-state index in [9.17, 15) is 9.70 Å². The fourth-order valence-electron chi connectivity index (χ4n) is 3.41. The highest BCUT2D eigenvalue weighted by atomic mass is 16.3. The second-order valence-electron chi connectivity index (χ2n) is 6.95. The number of unbranched alkanes of at least 4 members (excludes halogenated alkanes) is 9. The Morgan fingerprint density at radius 2 is 1.35 bits per heavy atom. The van der Waals surface area contributed by atoms with Gasteiger partial charge < -0.3 is 4.90 Å². The first-order valence-corrected chi connectivity index (χ1v) is 9.62. The number of nitroso groups, excluding NO2 is 1. The summed E-state index contributed by atoms with van der Waals surface area (Å²) in [6, 6.07) is 0.124. The number of carbonyl (C=O) groups is 1. The molecule has 23 heavy (non-hydrogen) atoms. The first-order chi connectivity index (χ1) is 11.1. The lowest BCUT2D eigenvalue weighted by atomic mass is 9.90. The minimum atomic E-state index is -0.471. The van der Waals surface area contributed by atoms with E-state index < -0.39 is 5.91 Å². The summed E-state index contributed by atoms with van der Waals surface area (Å²) >= 11 is 0. The molecule has 0 radical (unpaired) electrons. The van der Waals surface area contributed by atoms with E-state index in [1.54, 1.807) is 0 Å². The minimum absolute atomic E-state index is 0.124. The Labute approximate surface area is 143 Å². The minimum Gasteiger partial charge on any atom is -0.306 e. The van der Waals surface area contributed by atoms with E-state index in [1.807, 2.05) is 19.0 Å². The summed E-state index contributed by atoms with van der Waals surface area (Å²) in [4.78, 5) is 24.5. The molecular weight excluding hydrogens is 288 g/mol. The van der Waals surface area contributed by atoms with Gasteiger partial charge in [-0.05, 0) is 26.9 Å². The van der Waals surface area contributed by atoms with Gasteiger partial charge in [-0.1, -0.05) is 78.1 Å². The normalized spacial score (nSPS) is 14.0. The van der Waals surface area contributed by atoms with Gasteiger partial charge in [-0.3, -0.25) is 4.79 Å². The zero-order chi connectivity index (χ0) is 17.5. The van der Waals surface area contributed by atoms with E-state index in [-0.39, 0.29) is 12.0 Å². The highest BCUT2D eigenvalue weighted by molar-refractivity contribution is 5.80. The van der Waals surface area contributed by atoms with Crippen LogP contribution in [0.3, 0.4) is 0 Å². The van der Waals surface area contributed by atoms with Crippen molar-refractivity contribution in [2.24, 2.45) is 11.1 Å². The van der Waals surface area contributed by atoms with Crippen LogP contribution in [0.25, 0.3) is 0 Å². The molecule has 2 atom stereocenters. The quantitative estimate of drug-likeness (QED) is 0.293. The summed E-state index contributed by atoms with van der Waals surface area (Å²) in [5.74, 6) is -0.706. The van der Waals surface area contributed by atoms with Gasteiger partial charge in [-0.25, -0.2) is 0 Å². The van der Waals surface area contributed by atoms with Crippen LogP contribution < -0.4 is 0 Å². The Bertz CT molecular complexity index is 306. The smallest absolute Gasteiger partial charge is 0.290 e. The fourth-order valence-corrected chi connectivity index (χ4v) is 3.41. The largest absolute Gasteiger partial charge is 0.306 e. The van der Waals surface area contributed by atoms with Crippen molar-refractivity contribution in [3.63, 3.8) is 0 Å². The van der Waals surface area contributed by atoms with Crippen molar-refractivity contribution in [2.75, 3.05) is 14.1 Å². The lowest BCUT2D eigenvalue weighted by molar-refractivity contribution is -0.124. The van der Waals surface area contributed by atoms with E-state index in [0.717, 1.165) is 25.7 Å². The molecule has 0 fully saturated rings. The molecule has 0 bridgehead atoms. The third-order valence-electron chi connectivity index (χ3n) is 4.82. The van der Waals surface area contributed by atoms with Gasteiger partial charge in [0.1, 0.15) is 0 Å². The lowest BCUT2D eigenvalue weighted by Crippen LogP contribution is -2.38. The number of rotatable bonds is 15. The van der Waals surface area contributed by atoms with Gasteiger partial charge in [0.2, 0.25) is 0 Å². The highest BCUT2D eigenvalue weighted by Crippen LogP contribution is 2.22. The van der Waals surface area contributed by atoms with Crippen LogP contribution in [0.2, 0.25) is 0 Å². The molecule has 0 rings (SSSR count). The van der Waals surface area contributed by atoms with E-state index in [0.29, 0.717) is 0 Å². The van der Waals surface area contributed by atoms with Crippen molar-refractivity contribution in [3.8, 4) is 0 Å². The summed E-state index contributed by atoms with van der Waals surface area (Å²) in [6.45, 7) is 4.31. The van der Waals surface area contributed by atoms with Crippen molar-refractivity contribution in [1.82, 2.24) is 4.90 Å². The predicted molar refractivity (Wildman–Crippen MR) is 98.5 cm³/mol. The average molecular weight is 327 g/mol. The van der Waals surface area contributed by atoms with Gasteiger partial charge in [0.25, 0.3) is 5.91 Å². The molecule has 0 spiro atoms. The molecule has 0 aliphatic carbocycles. The molecular formula is C19H38N2O2. The monoisotopic (exact) mass is 326 g/mol. The van der Waals surface area contributed by atoms with Crippen molar-refractivity contribution in [1.29, 1.82) is 0 Å². The van der Waals surface area contributed by atoms with Gasteiger partial charge in [-0.15, -0.1) is 4.91 Å². The summed E-state index contributed by atoms with van der Waals surface area (Å²) in [5.41, 5.74) is 0. The first kappa shape index (κ1) is 22.2. The fraction of sp³-hybridized carbons (Fsp3) is 0.947. The average Bonchev–Trinajstić information content (AvgIpc) is 2.54. The lowest BCUT2D eigenvalue weighted by Gasteiger charge is -2.28. The van der Waals surface area contributed by atoms with E-state index in [4.69, 9.17) is 0 Å². The van der Waals surface area contributed by atoms with E-state index in [2.05, 4.69) is 19.0 Å². The number of hydrogen-bond donors (Lipinski definition) is 0. The molecule has 0 aromatic carbocycles. The van der Waals surface area contributed by atoms with Gasteiger partial charge in [0, 0.05) is 11.2 Å². The molecule has 0 aromatic heterocycles. The van der Waals surface area contributed by atoms with Crippen LogP contribution in [-0.2, 0) is 4.79 Å². The summed E-state index contributed by atoms with van der Waals surface area (Å²) in [5, 5.41) is 2.69. The first-order valence-electron chi connectivity index (χ1n) is 9.62. The molecule has 0 N–H and O–H groups in total. The second-order valence-corrected chi connectivity index (χ2v) is 6.95. The van der Waals surface area contributed by atoms with Crippen LogP contribution in [0.1, 0.15) is 90.9 Å². The Balaban J connectivity index is 3.87. The Morgan fingerprint density at radius 1 is 0.870 bits per heavy atom. The van der Waals surface area contributed by atoms with Crippen molar-refractivity contribution in [3.05, 3.63) is 4.91 Å². The van der Waals surface area contributed by atoms with Crippen molar-refractivity contribution >= 4 is 5.91 Å². The number of carbonyl (C=O) groups excluding carboxylic acids is 1. The zero-order valence-electron chi connectivity index (χ0n) is 15.9. The van der Waals surface area contributed by atoms with Gasteiger partial charge in [0.05, 0.1) is 5.92 Å². The molecule has 0 aliphatic heterocycles. The highest BCUT2D eigenvalue weighted by Gasteiger charge is 2.28. The van der Waals surface area contributed by atoms with E-state index >= 15 is 0 Å². The van der Waals surface area contributed by atoms with Crippen LogP contribution in [-0.4, -0.2) is 30.9 Å². The van der Waals surface area contributed by atoms with Gasteiger partial charge >= 0.3 is 0 Å². The summed E-state index contributed by atoms with van der Waals surface area (Å²) in [6.07, 6.45) is 14.5. The van der Waals surface area contributed by atoms with Crippen LogP contribution in [0.15, 0.2) is 5.18 Å².